The standard InChI is InChI=1S/C16H21NO5S/c1-21-16(19)13(17-15(18)14-8-5-10-22-14)9-11-23(20)12-6-3-2-4-7-12/h2-4,6-7,13-14H,5,8-11H2,1H3,(H,17,18)/t13-,14-,23+/m1/s1. The lowest BCUT2D eigenvalue weighted by Crippen LogP contribution is -2.46. The molecule has 0 aliphatic carbocycles. The van der Waals surface area contributed by atoms with Crippen LogP contribution in [0.15, 0.2) is 35.2 Å². The fourth-order valence-electron chi connectivity index (χ4n) is 2.36. The Bertz CT molecular complexity index is 557. The number of rotatable bonds is 7. The molecule has 0 bridgehead atoms. The maximum atomic E-state index is 12.2. The molecule has 0 unspecified atom stereocenters. The molecule has 126 valence electrons. The highest BCUT2D eigenvalue weighted by Gasteiger charge is 2.29. The first-order chi connectivity index (χ1) is 11.1. The second kappa shape index (κ2) is 8.79. The Balaban J connectivity index is 1.91. The number of hydrogen-bond donors (Lipinski definition) is 1. The van der Waals surface area contributed by atoms with Crippen molar-refractivity contribution < 1.29 is 23.3 Å². The monoisotopic (exact) mass is 339 g/mol. The first kappa shape index (κ1) is 17.6. The van der Waals surface area contributed by atoms with Crippen molar-refractivity contribution in [1.29, 1.82) is 0 Å². The lowest BCUT2D eigenvalue weighted by Gasteiger charge is -2.18. The van der Waals surface area contributed by atoms with Crippen molar-refractivity contribution in [2.75, 3.05) is 19.5 Å². The third-order valence-electron chi connectivity index (χ3n) is 3.62. The average Bonchev–Trinajstić information content (AvgIpc) is 3.13. The maximum absolute atomic E-state index is 12.2. The minimum atomic E-state index is -1.23. The van der Waals surface area contributed by atoms with Crippen LogP contribution in [0.1, 0.15) is 19.3 Å². The molecule has 1 aliphatic heterocycles. The number of carbonyl (C=O) groups is 2. The molecule has 0 radical (unpaired) electrons. The third-order valence-corrected chi connectivity index (χ3v) is 5.03. The summed E-state index contributed by atoms with van der Waals surface area (Å²) in [4.78, 5) is 24.6. The van der Waals surface area contributed by atoms with E-state index in [-0.39, 0.29) is 18.1 Å². The van der Waals surface area contributed by atoms with E-state index in [0.29, 0.717) is 17.9 Å². The highest BCUT2D eigenvalue weighted by atomic mass is 32.2. The van der Waals surface area contributed by atoms with Crippen LogP contribution >= 0.6 is 0 Å². The van der Waals surface area contributed by atoms with Gasteiger partial charge in [-0.2, -0.15) is 0 Å². The minimum absolute atomic E-state index is 0.243. The van der Waals surface area contributed by atoms with Gasteiger partial charge >= 0.3 is 5.97 Å². The minimum Gasteiger partial charge on any atom is -0.467 e. The Morgan fingerprint density at radius 1 is 1.39 bits per heavy atom. The van der Waals surface area contributed by atoms with Gasteiger partial charge in [0.1, 0.15) is 12.1 Å². The van der Waals surface area contributed by atoms with E-state index in [1.807, 2.05) is 18.2 Å². The molecule has 1 heterocycles. The molecule has 1 aromatic rings. The SMILES string of the molecule is COC(=O)[C@@H](CC[S@](=O)c1ccccc1)NC(=O)[C@H]1CCCO1. The van der Waals surface area contributed by atoms with Crippen molar-refractivity contribution in [3.05, 3.63) is 30.3 Å². The second-order valence-corrected chi connectivity index (χ2v) is 6.81. The Labute approximate surface area is 138 Å². The van der Waals surface area contributed by atoms with Gasteiger partial charge in [0.25, 0.3) is 0 Å². The van der Waals surface area contributed by atoms with Crippen molar-refractivity contribution in [3.63, 3.8) is 0 Å². The zero-order valence-electron chi connectivity index (χ0n) is 13.0. The summed E-state index contributed by atoms with van der Waals surface area (Å²) in [6, 6.07) is 8.20. The van der Waals surface area contributed by atoms with Crippen LogP contribution in [0, 0.1) is 0 Å². The van der Waals surface area contributed by atoms with Gasteiger partial charge in [-0.05, 0) is 31.4 Å². The Morgan fingerprint density at radius 2 is 2.13 bits per heavy atom. The predicted molar refractivity (Wildman–Crippen MR) is 85.3 cm³/mol. The largest absolute Gasteiger partial charge is 0.467 e. The quantitative estimate of drug-likeness (QED) is 0.750. The molecule has 23 heavy (non-hydrogen) atoms. The van der Waals surface area contributed by atoms with Crippen LogP contribution in [0.5, 0.6) is 0 Å². The van der Waals surface area contributed by atoms with Crippen LogP contribution < -0.4 is 5.32 Å². The lowest BCUT2D eigenvalue weighted by atomic mass is 10.2. The van der Waals surface area contributed by atoms with Gasteiger partial charge < -0.3 is 14.8 Å². The highest BCUT2D eigenvalue weighted by molar-refractivity contribution is 7.85. The lowest BCUT2D eigenvalue weighted by molar-refractivity contribution is -0.146. The summed E-state index contributed by atoms with van der Waals surface area (Å²) in [5, 5.41) is 2.64. The number of benzene rings is 1. The Kier molecular flexibility index (Phi) is 6.73. The van der Waals surface area contributed by atoms with E-state index >= 15 is 0 Å². The van der Waals surface area contributed by atoms with E-state index in [9.17, 15) is 13.8 Å². The van der Waals surface area contributed by atoms with E-state index in [4.69, 9.17) is 9.47 Å². The van der Waals surface area contributed by atoms with Gasteiger partial charge in [-0.25, -0.2) is 4.79 Å². The highest BCUT2D eigenvalue weighted by Crippen LogP contribution is 2.13. The van der Waals surface area contributed by atoms with Gasteiger partial charge in [-0.15, -0.1) is 0 Å². The van der Waals surface area contributed by atoms with E-state index in [2.05, 4.69) is 5.32 Å². The molecule has 1 amide bonds. The molecule has 2 rings (SSSR count). The Hall–Kier alpha value is -1.73. The zero-order chi connectivity index (χ0) is 16.7. The van der Waals surface area contributed by atoms with Crippen LogP contribution in [-0.4, -0.2) is 47.7 Å². The fourth-order valence-corrected chi connectivity index (χ4v) is 3.50. The van der Waals surface area contributed by atoms with Gasteiger partial charge in [0.2, 0.25) is 5.91 Å². The van der Waals surface area contributed by atoms with E-state index in [1.165, 1.54) is 7.11 Å². The molecule has 6 nitrogen and oxygen atoms in total. The first-order valence-corrected chi connectivity index (χ1v) is 8.87. The number of methoxy groups -OCH3 is 1. The van der Waals surface area contributed by atoms with Gasteiger partial charge in [0.15, 0.2) is 0 Å². The van der Waals surface area contributed by atoms with Crippen molar-refractivity contribution in [3.8, 4) is 0 Å². The van der Waals surface area contributed by atoms with Crippen LogP contribution in [0.25, 0.3) is 0 Å². The smallest absolute Gasteiger partial charge is 0.328 e. The molecule has 0 saturated carbocycles. The van der Waals surface area contributed by atoms with Crippen molar-refractivity contribution in [1.82, 2.24) is 5.32 Å². The molecule has 1 aliphatic rings. The molecule has 1 aromatic carbocycles. The predicted octanol–water partition coefficient (Wildman–Crippen LogP) is 1.02. The van der Waals surface area contributed by atoms with Gasteiger partial charge in [-0.3, -0.25) is 9.00 Å². The molecule has 0 spiro atoms. The summed E-state index contributed by atoms with van der Waals surface area (Å²) in [6.45, 7) is 0.555. The molecular weight excluding hydrogens is 318 g/mol. The molecule has 1 saturated heterocycles. The summed E-state index contributed by atoms with van der Waals surface area (Å²) in [6.07, 6.45) is 1.21. The molecule has 7 heteroatoms. The van der Waals surface area contributed by atoms with Crippen molar-refractivity contribution in [2.45, 2.75) is 36.3 Å². The summed E-state index contributed by atoms with van der Waals surface area (Å²) < 4.78 is 22.2. The van der Waals surface area contributed by atoms with Crippen LogP contribution in [0.3, 0.4) is 0 Å². The van der Waals surface area contributed by atoms with Crippen LogP contribution in [0.2, 0.25) is 0 Å². The molecule has 1 fully saturated rings. The maximum Gasteiger partial charge on any atom is 0.328 e. The first-order valence-electron chi connectivity index (χ1n) is 7.55. The summed E-state index contributed by atoms with van der Waals surface area (Å²) >= 11 is 0. The number of hydrogen-bond acceptors (Lipinski definition) is 5. The summed E-state index contributed by atoms with van der Waals surface area (Å²) in [7, 11) is 0.0360. The fraction of sp³-hybridized carbons (Fsp3) is 0.500. The van der Waals surface area contributed by atoms with Gasteiger partial charge in [-0.1, -0.05) is 18.2 Å². The number of ether oxygens (including phenoxy) is 2. The van der Waals surface area contributed by atoms with Crippen molar-refractivity contribution in [2.24, 2.45) is 0 Å². The molecular formula is C16H21NO5S. The number of carbonyl (C=O) groups excluding carboxylic acids is 2. The van der Waals surface area contributed by atoms with Crippen LogP contribution in [-0.2, 0) is 29.9 Å². The molecule has 3 atom stereocenters. The number of amides is 1. The second-order valence-electron chi connectivity index (χ2n) is 5.24. The van der Waals surface area contributed by atoms with E-state index < -0.39 is 28.9 Å². The summed E-state index contributed by atoms with van der Waals surface area (Å²) in [5.41, 5.74) is 0. The van der Waals surface area contributed by atoms with Gasteiger partial charge in [0, 0.05) is 17.3 Å². The van der Waals surface area contributed by atoms with Gasteiger partial charge in [0.05, 0.1) is 17.9 Å². The average molecular weight is 339 g/mol. The summed E-state index contributed by atoms with van der Waals surface area (Å²) in [5.74, 6) is -0.597. The molecule has 0 aromatic heterocycles. The Morgan fingerprint density at radius 3 is 2.74 bits per heavy atom. The van der Waals surface area contributed by atoms with Crippen molar-refractivity contribution >= 4 is 22.7 Å². The van der Waals surface area contributed by atoms with E-state index in [1.54, 1.807) is 12.1 Å². The van der Waals surface area contributed by atoms with Crippen LogP contribution in [0.4, 0.5) is 0 Å². The topological polar surface area (TPSA) is 81.7 Å². The molecule has 1 N–H and O–H groups in total. The third kappa shape index (κ3) is 5.14. The van der Waals surface area contributed by atoms with E-state index in [0.717, 1.165) is 6.42 Å². The number of esters is 1. The zero-order valence-corrected chi connectivity index (χ0v) is 13.8. The number of nitrogens with one attached hydrogen (secondary N) is 1. The normalized spacial score (nSPS) is 19.8.